The Hall–Kier alpha value is -3.97. The molecule has 36 heavy (non-hydrogen) atoms. The second-order valence-electron chi connectivity index (χ2n) is 8.94. The molecule has 8 heteroatoms. The summed E-state index contributed by atoms with van der Waals surface area (Å²) in [5.41, 5.74) is 5.17. The standard InChI is InChI=1S/C28H26ClN3O4/c1-16-11-12-23(17(2)13-16)32-27(34)20-14-19-7-5-10-24(35-4)26(19)36-28(20)31(32)15-25(33)30-22-9-6-8-21(29)18(22)3/h5-13H,14-15H2,1-4H3,(H,30,33). The molecule has 1 amide bonds. The van der Waals surface area contributed by atoms with Gasteiger partial charge in [0.2, 0.25) is 11.8 Å². The second-order valence-corrected chi connectivity index (χ2v) is 9.34. The van der Waals surface area contributed by atoms with Crippen LogP contribution < -0.4 is 20.3 Å². The molecule has 0 bridgehead atoms. The average Bonchev–Trinajstić information content (AvgIpc) is 3.10. The zero-order valence-electron chi connectivity index (χ0n) is 20.5. The fraction of sp³-hybridized carbons (Fsp3) is 0.214. The molecule has 1 aromatic heterocycles. The van der Waals surface area contributed by atoms with Crippen LogP contribution >= 0.6 is 11.6 Å². The number of methoxy groups -OCH3 is 1. The molecule has 184 valence electrons. The first-order valence-electron chi connectivity index (χ1n) is 11.6. The fourth-order valence-corrected chi connectivity index (χ4v) is 4.77. The number of aromatic nitrogens is 2. The molecule has 1 aliphatic heterocycles. The Bertz CT molecular complexity index is 1570. The number of halogens is 1. The van der Waals surface area contributed by atoms with Gasteiger partial charge in [-0.05, 0) is 56.2 Å². The molecule has 0 unspecified atom stereocenters. The molecule has 1 N–H and O–H groups in total. The Morgan fingerprint density at radius 2 is 1.89 bits per heavy atom. The number of hydrogen-bond donors (Lipinski definition) is 1. The number of para-hydroxylation sites is 1. The van der Waals surface area contributed by atoms with Crippen LogP contribution in [0.2, 0.25) is 5.02 Å². The Labute approximate surface area is 213 Å². The molecular formula is C28H26ClN3O4. The van der Waals surface area contributed by atoms with Gasteiger partial charge >= 0.3 is 0 Å². The van der Waals surface area contributed by atoms with Crippen molar-refractivity contribution < 1.29 is 14.3 Å². The van der Waals surface area contributed by atoms with E-state index in [-0.39, 0.29) is 18.0 Å². The Kier molecular flexibility index (Phi) is 6.10. The number of carbonyl (C=O) groups excluding carboxylic acids is 1. The van der Waals surface area contributed by atoms with Gasteiger partial charge in [-0.1, -0.05) is 47.5 Å². The van der Waals surface area contributed by atoms with E-state index >= 15 is 0 Å². The number of fused-ring (bicyclic) bond motifs is 2. The van der Waals surface area contributed by atoms with Gasteiger partial charge in [0, 0.05) is 22.7 Å². The molecule has 0 radical (unpaired) electrons. The summed E-state index contributed by atoms with van der Waals surface area (Å²) in [6.45, 7) is 5.64. The van der Waals surface area contributed by atoms with Gasteiger partial charge in [-0.3, -0.25) is 9.59 Å². The highest BCUT2D eigenvalue weighted by molar-refractivity contribution is 6.31. The summed E-state index contributed by atoms with van der Waals surface area (Å²) < 4.78 is 14.9. The summed E-state index contributed by atoms with van der Waals surface area (Å²) in [6.07, 6.45) is 0.369. The van der Waals surface area contributed by atoms with Crippen LogP contribution in [0.5, 0.6) is 17.4 Å². The van der Waals surface area contributed by atoms with Crippen molar-refractivity contribution in [1.29, 1.82) is 0 Å². The van der Waals surface area contributed by atoms with E-state index in [1.165, 1.54) is 4.68 Å². The number of ether oxygens (including phenoxy) is 2. The lowest BCUT2D eigenvalue weighted by Crippen LogP contribution is -2.28. The van der Waals surface area contributed by atoms with Gasteiger partial charge in [0.1, 0.15) is 6.54 Å². The van der Waals surface area contributed by atoms with E-state index in [9.17, 15) is 9.59 Å². The molecule has 3 aromatic carbocycles. The molecule has 5 rings (SSSR count). The van der Waals surface area contributed by atoms with Crippen LogP contribution in [0.1, 0.15) is 27.8 Å². The summed E-state index contributed by atoms with van der Waals surface area (Å²) in [6, 6.07) is 16.8. The Balaban J connectivity index is 1.63. The third kappa shape index (κ3) is 4.05. The molecule has 0 saturated carbocycles. The van der Waals surface area contributed by atoms with Crippen LogP contribution in [-0.2, 0) is 17.8 Å². The number of aryl methyl sites for hydroxylation is 2. The van der Waals surface area contributed by atoms with E-state index in [1.807, 2.05) is 57.2 Å². The van der Waals surface area contributed by atoms with Gasteiger partial charge in [0.15, 0.2) is 11.5 Å². The number of hydrogen-bond acceptors (Lipinski definition) is 4. The highest BCUT2D eigenvalue weighted by Gasteiger charge is 2.31. The first-order chi connectivity index (χ1) is 17.3. The smallest absolute Gasteiger partial charge is 0.278 e. The molecule has 0 aliphatic carbocycles. The topological polar surface area (TPSA) is 74.5 Å². The van der Waals surface area contributed by atoms with Crippen molar-refractivity contribution in [3.05, 3.63) is 97.8 Å². The van der Waals surface area contributed by atoms with Crippen molar-refractivity contribution in [3.8, 4) is 23.1 Å². The summed E-state index contributed by atoms with van der Waals surface area (Å²) in [5.74, 6) is 1.13. The largest absolute Gasteiger partial charge is 0.493 e. The van der Waals surface area contributed by atoms with Crippen molar-refractivity contribution in [2.24, 2.45) is 0 Å². The Morgan fingerprint density at radius 1 is 1.11 bits per heavy atom. The number of anilines is 1. The van der Waals surface area contributed by atoms with Crippen molar-refractivity contribution >= 4 is 23.2 Å². The molecule has 0 fully saturated rings. The van der Waals surface area contributed by atoms with E-state index in [1.54, 1.807) is 30.0 Å². The van der Waals surface area contributed by atoms with Gasteiger partial charge in [0.05, 0.1) is 18.4 Å². The number of rotatable bonds is 5. The summed E-state index contributed by atoms with van der Waals surface area (Å²) in [7, 11) is 1.57. The van der Waals surface area contributed by atoms with E-state index in [0.717, 1.165) is 22.3 Å². The van der Waals surface area contributed by atoms with Gasteiger partial charge in [-0.15, -0.1) is 0 Å². The highest BCUT2D eigenvalue weighted by atomic mass is 35.5. The first kappa shape index (κ1) is 23.8. The van der Waals surface area contributed by atoms with Crippen LogP contribution in [0.25, 0.3) is 5.69 Å². The molecule has 2 heterocycles. The lowest BCUT2D eigenvalue weighted by Gasteiger charge is -2.21. The molecule has 7 nitrogen and oxygen atoms in total. The maximum Gasteiger partial charge on any atom is 0.278 e. The van der Waals surface area contributed by atoms with Gasteiger partial charge < -0.3 is 14.8 Å². The summed E-state index contributed by atoms with van der Waals surface area (Å²) in [4.78, 5) is 27.0. The maximum absolute atomic E-state index is 13.8. The van der Waals surface area contributed by atoms with Crippen LogP contribution in [0, 0.1) is 20.8 Å². The summed E-state index contributed by atoms with van der Waals surface area (Å²) >= 11 is 6.23. The fourth-order valence-electron chi connectivity index (χ4n) is 4.60. The van der Waals surface area contributed by atoms with E-state index in [2.05, 4.69) is 5.32 Å². The third-order valence-electron chi connectivity index (χ3n) is 6.45. The van der Waals surface area contributed by atoms with E-state index in [4.69, 9.17) is 21.1 Å². The molecule has 0 spiro atoms. The van der Waals surface area contributed by atoms with Crippen molar-refractivity contribution in [1.82, 2.24) is 9.36 Å². The molecular weight excluding hydrogens is 478 g/mol. The minimum Gasteiger partial charge on any atom is -0.493 e. The zero-order chi connectivity index (χ0) is 25.6. The van der Waals surface area contributed by atoms with Crippen LogP contribution in [0.3, 0.4) is 0 Å². The predicted octanol–water partition coefficient (Wildman–Crippen LogP) is 5.56. The molecule has 0 saturated heterocycles. The predicted molar refractivity (Wildman–Crippen MR) is 140 cm³/mol. The van der Waals surface area contributed by atoms with Crippen LogP contribution in [-0.4, -0.2) is 22.4 Å². The Morgan fingerprint density at radius 3 is 2.64 bits per heavy atom. The number of nitrogens with one attached hydrogen (secondary N) is 1. The average molecular weight is 504 g/mol. The van der Waals surface area contributed by atoms with Crippen LogP contribution in [0.15, 0.2) is 59.4 Å². The number of nitrogens with zero attached hydrogens (tertiary/aromatic N) is 2. The number of carbonyl (C=O) groups is 1. The monoisotopic (exact) mass is 503 g/mol. The first-order valence-corrected chi connectivity index (χ1v) is 12.0. The van der Waals surface area contributed by atoms with Crippen molar-refractivity contribution in [2.45, 2.75) is 33.7 Å². The molecule has 1 aliphatic rings. The third-order valence-corrected chi connectivity index (χ3v) is 6.86. The molecule has 4 aromatic rings. The van der Waals surface area contributed by atoms with Gasteiger partial charge in [-0.25, -0.2) is 9.36 Å². The van der Waals surface area contributed by atoms with Gasteiger partial charge in [-0.2, -0.15) is 0 Å². The van der Waals surface area contributed by atoms with Crippen molar-refractivity contribution in [3.63, 3.8) is 0 Å². The lowest BCUT2D eigenvalue weighted by molar-refractivity contribution is -0.117. The van der Waals surface area contributed by atoms with E-state index < -0.39 is 0 Å². The number of amides is 1. The SMILES string of the molecule is COc1cccc2c1Oc1c(c(=O)n(-c3ccc(C)cc3C)n1CC(=O)Nc1cccc(Cl)c1C)C2. The summed E-state index contributed by atoms with van der Waals surface area (Å²) in [5, 5.41) is 3.48. The normalized spacial score (nSPS) is 11.9. The maximum atomic E-state index is 13.8. The minimum absolute atomic E-state index is 0.145. The lowest BCUT2D eigenvalue weighted by atomic mass is 10.0. The quantitative estimate of drug-likeness (QED) is 0.340. The zero-order valence-corrected chi connectivity index (χ0v) is 21.3. The molecule has 0 atom stereocenters. The highest BCUT2D eigenvalue weighted by Crippen LogP contribution is 2.42. The van der Waals surface area contributed by atoms with Crippen molar-refractivity contribution in [2.75, 3.05) is 12.4 Å². The second kappa shape index (κ2) is 9.24. The minimum atomic E-state index is -0.314. The van der Waals surface area contributed by atoms with Crippen LogP contribution in [0.4, 0.5) is 5.69 Å². The van der Waals surface area contributed by atoms with Gasteiger partial charge in [0.25, 0.3) is 5.56 Å². The van der Waals surface area contributed by atoms with E-state index in [0.29, 0.717) is 45.8 Å². The number of benzene rings is 3.